The molecule has 0 radical (unpaired) electrons. The van der Waals surface area contributed by atoms with Gasteiger partial charge in [-0.25, -0.2) is 9.67 Å². The van der Waals surface area contributed by atoms with Crippen LogP contribution in [0.3, 0.4) is 0 Å². The highest BCUT2D eigenvalue weighted by molar-refractivity contribution is 5.79. The Morgan fingerprint density at radius 1 is 1.36 bits per heavy atom. The Kier molecular flexibility index (Phi) is 6.22. The molecule has 4 heterocycles. The van der Waals surface area contributed by atoms with E-state index in [1.807, 2.05) is 16.9 Å². The number of carbonyl (C=O) groups excluding carboxylic acids is 1. The molecule has 2 unspecified atom stereocenters. The first-order chi connectivity index (χ1) is 13.8. The third kappa shape index (κ3) is 4.20. The number of carbonyl (C=O) groups is 1. The van der Waals surface area contributed by atoms with Crippen molar-refractivity contribution < 1.29 is 4.79 Å². The molecular weight excluding hydrogens is 352 g/mol. The summed E-state index contributed by atoms with van der Waals surface area (Å²) in [6, 6.07) is 4.64. The summed E-state index contributed by atoms with van der Waals surface area (Å²) in [5, 5.41) is 12.5. The van der Waals surface area contributed by atoms with Gasteiger partial charge in [0.2, 0.25) is 5.91 Å². The molecule has 2 fully saturated rings. The van der Waals surface area contributed by atoms with Crippen LogP contribution in [0.1, 0.15) is 50.6 Å². The topological polar surface area (TPSA) is 75.1 Å². The van der Waals surface area contributed by atoms with Crippen molar-refractivity contribution in [3.05, 3.63) is 24.0 Å². The molecular formula is C21H32N6O. The number of nitrogens with one attached hydrogen (secondary N) is 2. The molecule has 2 aromatic rings. The maximum Gasteiger partial charge on any atom is 0.234 e. The number of hydrogen-bond donors (Lipinski definition) is 2. The zero-order chi connectivity index (χ0) is 19.3. The Balaban J connectivity index is 1.36. The van der Waals surface area contributed by atoms with Crippen LogP contribution in [-0.4, -0.2) is 64.3 Å². The molecule has 28 heavy (non-hydrogen) atoms. The molecule has 0 spiro atoms. The van der Waals surface area contributed by atoms with Gasteiger partial charge in [0.15, 0.2) is 5.65 Å². The van der Waals surface area contributed by atoms with Crippen LogP contribution < -0.4 is 10.6 Å². The van der Waals surface area contributed by atoms with Gasteiger partial charge in [-0.15, -0.1) is 0 Å². The third-order valence-corrected chi connectivity index (χ3v) is 6.20. The number of likely N-dealkylation sites (tertiary alicyclic amines) is 1. The van der Waals surface area contributed by atoms with Crippen molar-refractivity contribution in [2.75, 3.05) is 32.7 Å². The van der Waals surface area contributed by atoms with Gasteiger partial charge in [0, 0.05) is 36.6 Å². The van der Waals surface area contributed by atoms with Crippen LogP contribution in [0.15, 0.2) is 18.3 Å². The minimum atomic E-state index is 0.116. The van der Waals surface area contributed by atoms with E-state index >= 15 is 0 Å². The van der Waals surface area contributed by atoms with E-state index in [2.05, 4.69) is 33.5 Å². The number of hydrogen-bond acceptors (Lipinski definition) is 5. The van der Waals surface area contributed by atoms with Crippen LogP contribution >= 0.6 is 0 Å². The lowest BCUT2D eigenvalue weighted by Gasteiger charge is -2.34. The van der Waals surface area contributed by atoms with Crippen LogP contribution in [0.4, 0.5) is 0 Å². The lowest BCUT2D eigenvalue weighted by molar-refractivity contribution is -0.123. The van der Waals surface area contributed by atoms with Gasteiger partial charge in [-0.2, -0.15) is 5.10 Å². The highest BCUT2D eigenvalue weighted by Gasteiger charge is 2.24. The third-order valence-electron chi connectivity index (χ3n) is 6.20. The lowest BCUT2D eigenvalue weighted by Crippen LogP contribution is -2.45. The molecule has 0 aliphatic carbocycles. The van der Waals surface area contributed by atoms with E-state index < -0.39 is 0 Å². The Hall–Kier alpha value is -1.99. The van der Waals surface area contributed by atoms with Crippen molar-refractivity contribution >= 4 is 16.9 Å². The van der Waals surface area contributed by atoms with Crippen molar-refractivity contribution in [1.82, 2.24) is 30.3 Å². The Morgan fingerprint density at radius 2 is 2.29 bits per heavy atom. The zero-order valence-corrected chi connectivity index (χ0v) is 16.9. The molecule has 0 bridgehead atoms. The van der Waals surface area contributed by atoms with Gasteiger partial charge in [0.25, 0.3) is 0 Å². The first kappa shape index (κ1) is 19.3. The highest BCUT2D eigenvalue weighted by atomic mass is 16.2. The fourth-order valence-corrected chi connectivity index (χ4v) is 4.65. The average molecular weight is 385 g/mol. The maximum atomic E-state index is 12.4. The predicted molar refractivity (Wildman–Crippen MR) is 110 cm³/mol. The van der Waals surface area contributed by atoms with E-state index in [1.165, 1.54) is 19.3 Å². The van der Waals surface area contributed by atoms with Crippen LogP contribution in [0.5, 0.6) is 0 Å². The molecule has 0 aromatic carbocycles. The van der Waals surface area contributed by atoms with Crippen LogP contribution in [-0.2, 0) is 11.3 Å². The molecule has 2 aliphatic rings. The number of rotatable bonds is 7. The summed E-state index contributed by atoms with van der Waals surface area (Å²) in [7, 11) is 0. The van der Waals surface area contributed by atoms with E-state index in [0.29, 0.717) is 31.6 Å². The van der Waals surface area contributed by atoms with Crippen LogP contribution in [0, 0.1) is 0 Å². The van der Waals surface area contributed by atoms with Gasteiger partial charge in [-0.3, -0.25) is 9.69 Å². The largest absolute Gasteiger partial charge is 0.353 e. The molecule has 1 amide bonds. The minimum absolute atomic E-state index is 0.116. The molecule has 7 heteroatoms. The fourth-order valence-electron chi connectivity index (χ4n) is 4.65. The summed E-state index contributed by atoms with van der Waals surface area (Å²) in [4.78, 5) is 19.3. The van der Waals surface area contributed by atoms with E-state index in [0.717, 1.165) is 49.2 Å². The quantitative estimate of drug-likeness (QED) is 0.763. The predicted octanol–water partition coefficient (Wildman–Crippen LogP) is 1.89. The molecule has 4 rings (SSSR count). The second-order valence-electron chi connectivity index (χ2n) is 8.05. The van der Waals surface area contributed by atoms with Crippen molar-refractivity contribution in [3.63, 3.8) is 0 Å². The number of fused-ring (bicyclic) bond motifs is 1. The van der Waals surface area contributed by atoms with E-state index in [-0.39, 0.29) is 5.91 Å². The van der Waals surface area contributed by atoms with E-state index in [1.54, 1.807) is 0 Å². The summed E-state index contributed by atoms with van der Waals surface area (Å²) in [6.45, 7) is 7.02. The smallest absolute Gasteiger partial charge is 0.234 e. The number of amides is 1. The van der Waals surface area contributed by atoms with Crippen LogP contribution in [0.25, 0.3) is 11.0 Å². The molecule has 0 saturated carbocycles. The van der Waals surface area contributed by atoms with Gasteiger partial charge in [0.1, 0.15) is 0 Å². The van der Waals surface area contributed by atoms with Crippen molar-refractivity contribution in [2.24, 2.45) is 0 Å². The first-order valence-electron chi connectivity index (χ1n) is 10.8. The highest BCUT2D eigenvalue weighted by Crippen LogP contribution is 2.27. The lowest BCUT2D eigenvalue weighted by atomic mass is 10.0. The molecule has 2 atom stereocenters. The van der Waals surface area contributed by atoms with Gasteiger partial charge in [-0.1, -0.05) is 13.3 Å². The second-order valence-corrected chi connectivity index (χ2v) is 8.05. The molecule has 152 valence electrons. The molecule has 2 saturated heterocycles. The summed E-state index contributed by atoms with van der Waals surface area (Å²) in [5.74, 6) is 0.567. The number of pyridine rings is 1. The second kappa shape index (κ2) is 9.01. The van der Waals surface area contributed by atoms with Gasteiger partial charge >= 0.3 is 0 Å². The fraction of sp³-hybridized carbons (Fsp3) is 0.667. The molecule has 2 aromatic heterocycles. The zero-order valence-electron chi connectivity index (χ0n) is 16.9. The van der Waals surface area contributed by atoms with E-state index in [4.69, 9.17) is 5.10 Å². The maximum absolute atomic E-state index is 12.4. The van der Waals surface area contributed by atoms with E-state index in [9.17, 15) is 4.79 Å². The van der Waals surface area contributed by atoms with Gasteiger partial charge in [-0.05, 0) is 50.9 Å². The number of nitrogens with zero attached hydrogens (tertiary/aromatic N) is 4. The normalized spacial score (nSPS) is 23.3. The standard InChI is InChI=1S/C21H32N6O/c1-2-17-6-3-4-12-26(17)15-19(28)23-11-13-27-21-18(7-5-9-24-21)20(25-27)16-8-10-22-14-16/h5,7,9,16-17,22H,2-4,6,8,10-15H2,1H3,(H,23,28). The average Bonchev–Trinajstić information content (AvgIpc) is 3.37. The van der Waals surface area contributed by atoms with Crippen molar-refractivity contribution in [3.8, 4) is 0 Å². The molecule has 2 N–H and O–H groups in total. The summed E-state index contributed by atoms with van der Waals surface area (Å²) < 4.78 is 1.96. The molecule has 2 aliphatic heterocycles. The number of aromatic nitrogens is 3. The monoisotopic (exact) mass is 384 g/mol. The van der Waals surface area contributed by atoms with Crippen LogP contribution in [0.2, 0.25) is 0 Å². The Morgan fingerprint density at radius 3 is 3.11 bits per heavy atom. The minimum Gasteiger partial charge on any atom is -0.353 e. The van der Waals surface area contributed by atoms with Gasteiger partial charge in [0.05, 0.1) is 18.8 Å². The van der Waals surface area contributed by atoms with Crippen molar-refractivity contribution in [2.45, 2.75) is 57.5 Å². The first-order valence-corrected chi connectivity index (χ1v) is 10.8. The van der Waals surface area contributed by atoms with Gasteiger partial charge < -0.3 is 10.6 Å². The Labute approximate surface area is 166 Å². The SMILES string of the molecule is CCC1CCCCN1CC(=O)NCCn1nc(C2CCNC2)c2cccnc21. The summed E-state index contributed by atoms with van der Waals surface area (Å²) in [6.07, 6.45) is 7.76. The van der Waals surface area contributed by atoms with Crippen molar-refractivity contribution in [1.29, 1.82) is 0 Å². The Bertz CT molecular complexity index is 797. The summed E-state index contributed by atoms with van der Waals surface area (Å²) in [5.41, 5.74) is 2.05. The number of piperidine rings is 1. The summed E-state index contributed by atoms with van der Waals surface area (Å²) >= 11 is 0. The molecule has 7 nitrogen and oxygen atoms in total.